The Balaban J connectivity index is 2.46. The van der Waals surface area contributed by atoms with E-state index in [9.17, 15) is 4.79 Å². The highest BCUT2D eigenvalue weighted by Gasteiger charge is 2.11. The van der Waals surface area contributed by atoms with Gasteiger partial charge < -0.3 is 15.6 Å². The van der Waals surface area contributed by atoms with Crippen LogP contribution < -0.4 is 5.73 Å². The third-order valence-electron chi connectivity index (χ3n) is 1.89. The van der Waals surface area contributed by atoms with Gasteiger partial charge >= 0.3 is 5.97 Å². The van der Waals surface area contributed by atoms with Crippen molar-refractivity contribution in [2.45, 2.75) is 12.6 Å². The number of aliphatic carboxylic acids is 1. The van der Waals surface area contributed by atoms with E-state index in [2.05, 4.69) is 0 Å². The Bertz CT molecular complexity index is 384. The summed E-state index contributed by atoms with van der Waals surface area (Å²) in [5, 5.41) is 9.54. The van der Waals surface area contributed by atoms with Crippen molar-refractivity contribution < 1.29 is 14.6 Å². The predicted octanol–water partition coefficient (Wildman–Crippen LogP) is 1.92. The van der Waals surface area contributed by atoms with Gasteiger partial charge in [-0.3, -0.25) is 4.79 Å². The van der Waals surface area contributed by atoms with Gasteiger partial charge in [-0.2, -0.15) is 0 Å². The van der Waals surface area contributed by atoms with Crippen LogP contribution in [0.2, 0.25) is 10.0 Å². The number of carboxylic acids is 1. The maximum Gasteiger partial charge on any atom is 0.322 e. The van der Waals surface area contributed by atoms with Crippen LogP contribution in [0.15, 0.2) is 18.2 Å². The summed E-state index contributed by atoms with van der Waals surface area (Å²) in [7, 11) is 0. The van der Waals surface area contributed by atoms with Crippen molar-refractivity contribution in [1.82, 2.24) is 0 Å². The van der Waals surface area contributed by atoms with E-state index in [1.165, 1.54) is 0 Å². The van der Waals surface area contributed by atoms with E-state index in [1.807, 2.05) is 0 Å². The van der Waals surface area contributed by atoms with E-state index in [1.54, 1.807) is 18.2 Å². The Kier molecular flexibility index (Phi) is 5.02. The van der Waals surface area contributed by atoms with Gasteiger partial charge in [0.25, 0.3) is 0 Å². The summed E-state index contributed by atoms with van der Waals surface area (Å²) in [6.45, 7) is 0.144. The number of ether oxygens (including phenoxy) is 1. The fourth-order valence-corrected chi connectivity index (χ4v) is 1.47. The molecule has 0 aromatic heterocycles. The first-order valence-electron chi connectivity index (χ1n) is 4.50. The van der Waals surface area contributed by atoms with Crippen LogP contribution in [0.25, 0.3) is 0 Å². The average Bonchev–Trinajstić information content (AvgIpc) is 2.20. The largest absolute Gasteiger partial charge is 0.480 e. The van der Waals surface area contributed by atoms with E-state index < -0.39 is 12.0 Å². The third kappa shape index (κ3) is 3.98. The second kappa shape index (κ2) is 6.06. The lowest BCUT2D eigenvalue weighted by Crippen LogP contribution is -2.34. The maximum atomic E-state index is 10.4. The quantitative estimate of drug-likeness (QED) is 0.852. The van der Waals surface area contributed by atoms with E-state index in [-0.39, 0.29) is 13.2 Å². The Morgan fingerprint density at radius 3 is 2.75 bits per heavy atom. The molecule has 6 heteroatoms. The number of carboxylic acid groups (broad SMARTS) is 1. The van der Waals surface area contributed by atoms with Crippen molar-refractivity contribution in [2.24, 2.45) is 5.73 Å². The van der Waals surface area contributed by atoms with Gasteiger partial charge in [-0.15, -0.1) is 0 Å². The van der Waals surface area contributed by atoms with Crippen LogP contribution in [0.3, 0.4) is 0 Å². The molecule has 4 nitrogen and oxygen atoms in total. The van der Waals surface area contributed by atoms with Gasteiger partial charge in [-0.25, -0.2) is 0 Å². The zero-order valence-corrected chi connectivity index (χ0v) is 9.83. The fraction of sp³-hybridized carbons (Fsp3) is 0.300. The van der Waals surface area contributed by atoms with Gasteiger partial charge in [0.05, 0.1) is 13.2 Å². The topological polar surface area (TPSA) is 72.5 Å². The SMILES string of the molecule is N[C@H](COCc1ccc(Cl)cc1Cl)C(=O)O. The normalized spacial score (nSPS) is 12.4. The first kappa shape index (κ1) is 13.3. The standard InChI is InChI=1S/C10H11Cl2NO3/c11-7-2-1-6(8(12)3-7)4-16-5-9(13)10(14)15/h1-3,9H,4-5,13H2,(H,14,15)/t9-/m1/s1. The van der Waals surface area contributed by atoms with Crippen LogP contribution in [0, 0.1) is 0 Å². The lowest BCUT2D eigenvalue weighted by molar-refractivity contribution is -0.140. The van der Waals surface area contributed by atoms with Crippen molar-refractivity contribution in [3.63, 3.8) is 0 Å². The molecule has 0 bridgehead atoms. The molecule has 0 saturated heterocycles. The predicted molar refractivity (Wildman–Crippen MR) is 61.7 cm³/mol. The number of halogens is 2. The highest BCUT2D eigenvalue weighted by Crippen LogP contribution is 2.21. The lowest BCUT2D eigenvalue weighted by atomic mass is 10.2. The molecule has 0 spiro atoms. The third-order valence-corrected chi connectivity index (χ3v) is 2.47. The molecule has 0 aliphatic carbocycles. The molecule has 0 fully saturated rings. The number of carbonyl (C=O) groups is 1. The van der Waals surface area contributed by atoms with Crippen molar-refractivity contribution in [1.29, 1.82) is 0 Å². The zero-order chi connectivity index (χ0) is 12.1. The molecule has 0 heterocycles. The van der Waals surface area contributed by atoms with Crippen LogP contribution in [-0.4, -0.2) is 23.7 Å². The van der Waals surface area contributed by atoms with Crippen molar-refractivity contribution >= 4 is 29.2 Å². The molecule has 1 rings (SSSR count). The number of hydrogen-bond acceptors (Lipinski definition) is 3. The lowest BCUT2D eigenvalue weighted by Gasteiger charge is -2.09. The smallest absolute Gasteiger partial charge is 0.322 e. The van der Waals surface area contributed by atoms with Crippen molar-refractivity contribution in [3.05, 3.63) is 33.8 Å². The maximum absolute atomic E-state index is 10.4. The van der Waals surface area contributed by atoms with Gasteiger partial charge in [0.1, 0.15) is 6.04 Å². The van der Waals surface area contributed by atoms with E-state index in [0.717, 1.165) is 5.56 Å². The average molecular weight is 264 g/mol. The molecular formula is C10H11Cl2NO3. The molecule has 3 N–H and O–H groups in total. The Morgan fingerprint density at radius 2 is 2.19 bits per heavy atom. The van der Waals surface area contributed by atoms with Crippen molar-refractivity contribution in [3.8, 4) is 0 Å². The molecule has 0 saturated carbocycles. The molecule has 0 unspecified atom stereocenters. The van der Waals surface area contributed by atoms with Gasteiger partial charge in [0.2, 0.25) is 0 Å². The second-order valence-corrected chi connectivity index (χ2v) is 4.04. The van der Waals surface area contributed by atoms with Crippen LogP contribution in [-0.2, 0) is 16.1 Å². The molecule has 1 aromatic rings. The summed E-state index contributed by atoms with van der Waals surface area (Å²) in [6.07, 6.45) is 0. The Labute approximate surface area is 103 Å². The summed E-state index contributed by atoms with van der Waals surface area (Å²) in [6, 6.07) is 3.98. The molecule has 88 valence electrons. The summed E-state index contributed by atoms with van der Waals surface area (Å²) >= 11 is 11.6. The van der Waals surface area contributed by atoms with E-state index in [4.69, 9.17) is 38.8 Å². The molecule has 1 aromatic carbocycles. The van der Waals surface area contributed by atoms with Crippen LogP contribution in [0.4, 0.5) is 0 Å². The fourth-order valence-electron chi connectivity index (χ4n) is 1.01. The zero-order valence-electron chi connectivity index (χ0n) is 8.32. The molecular weight excluding hydrogens is 253 g/mol. The molecule has 0 amide bonds. The highest BCUT2D eigenvalue weighted by atomic mass is 35.5. The highest BCUT2D eigenvalue weighted by molar-refractivity contribution is 6.35. The van der Waals surface area contributed by atoms with Crippen LogP contribution in [0.1, 0.15) is 5.56 Å². The molecule has 0 radical (unpaired) electrons. The first-order valence-corrected chi connectivity index (χ1v) is 5.26. The molecule has 0 aliphatic heterocycles. The van der Waals surface area contributed by atoms with Gasteiger partial charge in [-0.1, -0.05) is 29.3 Å². The van der Waals surface area contributed by atoms with Crippen LogP contribution in [0.5, 0.6) is 0 Å². The Hall–Kier alpha value is -0.810. The minimum absolute atomic E-state index is 0.0612. The summed E-state index contributed by atoms with van der Waals surface area (Å²) in [5.74, 6) is -1.10. The monoisotopic (exact) mass is 263 g/mol. The number of hydrogen-bond donors (Lipinski definition) is 2. The molecule has 0 aliphatic rings. The number of nitrogens with two attached hydrogens (primary N) is 1. The second-order valence-electron chi connectivity index (χ2n) is 3.20. The summed E-state index contributed by atoms with van der Waals surface area (Å²) in [4.78, 5) is 10.4. The Morgan fingerprint density at radius 1 is 1.50 bits per heavy atom. The number of benzene rings is 1. The van der Waals surface area contributed by atoms with Gasteiger partial charge in [-0.05, 0) is 17.7 Å². The minimum atomic E-state index is -1.10. The van der Waals surface area contributed by atoms with Gasteiger partial charge in [0, 0.05) is 10.0 Å². The van der Waals surface area contributed by atoms with Crippen molar-refractivity contribution in [2.75, 3.05) is 6.61 Å². The molecule has 1 atom stereocenters. The first-order chi connectivity index (χ1) is 7.50. The van der Waals surface area contributed by atoms with Crippen LogP contribution >= 0.6 is 23.2 Å². The van der Waals surface area contributed by atoms with E-state index >= 15 is 0 Å². The van der Waals surface area contributed by atoms with E-state index in [0.29, 0.717) is 10.0 Å². The minimum Gasteiger partial charge on any atom is -0.480 e. The summed E-state index contributed by atoms with van der Waals surface area (Å²) < 4.78 is 5.13. The molecule has 16 heavy (non-hydrogen) atoms. The number of rotatable bonds is 5. The van der Waals surface area contributed by atoms with Gasteiger partial charge in [0.15, 0.2) is 0 Å². The summed E-state index contributed by atoms with van der Waals surface area (Å²) in [5.41, 5.74) is 6.00.